The molecule has 2 rings (SSSR count). The molecule has 6 nitrogen and oxygen atoms in total. The second-order valence-corrected chi connectivity index (χ2v) is 5.28. The summed E-state index contributed by atoms with van der Waals surface area (Å²) in [6.07, 6.45) is 0. The summed E-state index contributed by atoms with van der Waals surface area (Å²) in [5, 5.41) is 20.0. The normalized spacial score (nSPS) is 10.9. The summed E-state index contributed by atoms with van der Waals surface area (Å²) in [5.41, 5.74) is 1.78. The maximum Gasteiger partial charge on any atom is 0.273 e. The first-order valence-electron chi connectivity index (χ1n) is 6.65. The number of carbonyl (C=O) groups excluding carboxylic acids is 1. The zero-order valence-electron chi connectivity index (χ0n) is 11.9. The molecule has 0 fully saturated rings. The monoisotopic (exact) mass is 308 g/mol. The van der Waals surface area contributed by atoms with Gasteiger partial charge in [-0.3, -0.25) is 4.79 Å². The van der Waals surface area contributed by atoms with Gasteiger partial charge in [0.1, 0.15) is 0 Å². The highest BCUT2D eigenvalue weighted by Crippen LogP contribution is 2.22. The van der Waals surface area contributed by atoms with Crippen LogP contribution in [0.25, 0.3) is 5.69 Å². The fourth-order valence-corrected chi connectivity index (χ4v) is 2.12. The lowest BCUT2D eigenvalue weighted by Gasteiger charge is -2.11. The Balaban J connectivity index is 2.41. The summed E-state index contributed by atoms with van der Waals surface area (Å²) in [5.74, 6) is -0.279. The lowest BCUT2D eigenvalue weighted by molar-refractivity contribution is 0.0938. The number of nitrogens with zero attached hydrogens (tertiary/aromatic N) is 3. The summed E-state index contributed by atoms with van der Waals surface area (Å²) in [7, 11) is 0. The first-order chi connectivity index (χ1) is 10.0. The molecule has 1 aromatic carbocycles. The third-order valence-corrected chi connectivity index (χ3v) is 3.19. The fraction of sp³-hybridized carbons (Fsp3) is 0.357. The molecule has 0 aliphatic rings. The molecule has 0 radical (unpaired) electrons. The van der Waals surface area contributed by atoms with Crippen molar-refractivity contribution in [2.24, 2.45) is 0 Å². The van der Waals surface area contributed by atoms with E-state index in [2.05, 4.69) is 15.6 Å². The SMILES string of the molecule is CC(C)c1c(C(=O)NCCO)nnn1-c1ccc(Cl)cc1. The van der Waals surface area contributed by atoms with Gasteiger partial charge in [-0.25, -0.2) is 4.68 Å². The van der Waals surface area contributed by atoms with Gasteiger partial charge in [0.15, 0.2) is 5.69 Å². The van der Waals surface area contributed by atoms with Crippen LogP contribution in [0, 0.1) is 0 Å². The molecule has 0 aliphatic carbocycles. The summed E-state index contributed by atoms with van der Waals surface area (Å²) in [6, 6.07) is 7.15. The Morgan fingerprint density at radius 1 is 1.38 bits per heavy atom. The Morgan fingerprint density at radius 2 is 2.05 bits per heavy atom. The van der Waals surface area contributed by atoms with Crippen molar-refractivity contribution >= 4 is 17.5 Å². The van der Waals surface area contributed by atoms with Crippen LogP contribution >= 0.6 is 11.6 Å². The molecule has 112 valence electrons. The smallest absolute Gasteiger partial charge is 0.273 e. The number of aliphatic hydroxyl groups excluding tert-OH is 1. The molecule has 1 heterocycles. The van der Waals surface area contributed by atoms with E-state index in [0.29, 0.717) is 10.7 Å². The molecule has 1 aromatic heterocycles. The van der Waals surface area contributed by atoms with Crippen molar-refractivity contribution in [2.45, 2.75) is 19.8 Å². The van der Waals surface area contributed by atoms with Crippen molar-refractivity contribution in [2.75, 3.05) is 13.2 Å². The predicted molar refractivity (Wildman–Crippen MR) is 79.9 cm³/mol. The van der Waals surface area contributed by atoms with E-state index in [1.165, 1.54) is 0 Å². The van der Waals surface area contributed by atoms with E-state index in [9.17, 15) is 4.79 Å². The molecule has 2 N–H and O–H groups in total. The number of carbonyl (C=O) groups is 1. The molecule has 0 bridgehead atoms. The van der Waals surface area contributed by atoms with Crippen LogP contribution in [0.2, 0.25) is 5.02 Å². The Labute approximate surface area is 127 Å². The van der Waals surface area contributed by atoms with E-state index in [0.717, 1.165) is 5.69 Å². The van der Waals surface area contributed by atoms with Crippen molar-refractivity contribution < 1.29 is 9.90 Å². The van der Waals surface area contributed by atoms with Gasteiger partial charge in [-0.05, 0) is 30.2 Å². The maximum atomic E-state index is 12.1. The van der Waals surface area contributed by atoms with E-state index in [1.807, 2.05) is 26.0 Å². The van der Waals surface area contributed by atoms with Crippen LogP contribution in [0.3, 0.4) is 0 Å². The van der Waals surface area contributed by atoms with Crippen LogP contribution in [0.5, 0.6) is 0 Å². The first-order valence-corrected chi connectivity index (χ1v) is 7.03. The number of aromatic nitrogens is 3. The predicted octanol–water partition coefficient (Wildman–Crippen LogP) is 1.77. The number of halogens is 1. The van der Waals surface area contributed by atoms with Crippen molar-refractivity contribution in [3.05, 3.63) is 40.7 Å². The minimum Gasteiger partial charge on any atom is -0.395 e. The third-order valence-electron chi connectivity index (χ3n) is 2.94. The maximum absolute atomic E-state index is 12.1. The van der Waals surface area contributed by atoms with Crippen LogP contribution < -0.4 is 5.32 Å². The Morgan fingerprint density at radius 3 is 2.62 bits per heavy atom. The zero-order valence-corrected chi connectivity index (χ0v) is 12.6. The van der Waals surface area contributed by atoms with Crippen LogP contribution in [-0.2, 0) is 0 Å². The molecular formula is C14H17ClN4O2. The first kappa shape index (κ1) is 15.5. The average molecular weight is 309 g/mol. The van der Waals surface area contributed by atoms with E-state index >= 15 is 0 Å². The third kappa shape index (κ3) is 3.40. The minimum absolute atomic E-state index is 0.0607. The molecule has 0 unspecified atom stereocenters. The van der Waals surface area contributed by atoms with Crippen molar-refractivity contribution in [3.8, 4) is 5.69 Å². The quantitative estimate of drug-likeness (QED) is 0.882. The molecule has 0 saturated carbocycles. The standard InChI is InChI=1S/C14H17ClN4O2/c1-9(2)13-12(14(21)16-7-8-20)17-18-19(13)11-5-3-10(15)4-6-11/h3-6,9,20H,7-8H2,1-2H3,(H,16,21). The average Bonchev–Trinajstić information content (AvgIpc) is 2.90. The van der Waals surface area contributed by atoms with E-state index < -0.39 is 0 Å². The van der Waals surface area contributed by atoms with Crippen molar-refractivity contribution in [1.29, 1.82) is 0 Å². The molecule has 1 amide bonds. The van der Waals surface area contributed by atoms with Gasteiger partial charge in [-0.1, -0.05) is 30.7 Å². The topological polar surface area (TPSA) is 80.0 Å². The number of benzene rings is 1. The summed E-state index contributed by atoms with van der Waals surface area (Å²) >= 11 is 5.88. The lowest BCUT2D eigenvalue weighted by atomic mass is 10.1. The van der Waals surface area contributed by atoms with Gasteiger partial charge in [-0.15, -0.1) is 5.10 Å². The Bertz CT molecular complexity index is 622. The molecule has 21 heavy (non-hydrogen) atoms. The van der Waals surface area contributed by atoms with Gasteiger partial charge >= 0.3 is 0 Å². The molecular weight excluding hydrogens is 292 g/mol. The minimum atomic E-state index is -0.340. The number of hydrogen-bond donors (Lipinski definition) is 2. The van der Waals surface area contributed by atoms with E-state index in [4.69, 9.17) is 16.7 Å². The highest BCUT2D eigenvalue weighted by atomic mass is 35.5. The number of rotatable bonds is 5. The van der Waals surface area contributed by atoms with E-state index in [-0.39, 0.29) is 30.7 Å². The highest BCUT2D eigenvalue weighted by Gasteiger charge is 2.22. The summed E-state index contributed by atoms with van der Waals surface area (Å²) < 4.78 is 1.63. The Kier molecular flexibility index (Phi) is 4.93. The summed E-state index contributed by atoms with van der Waals surface area (Å²) in [4.78, 5) is 12.1. The van der Waals surface area contributed by atoms with Crippen LogP contribution in [0.1, 0.15) is 35.9 Å². The van der Waals surface area contributed by atoms with Gasteiger partial charge in [0, 0.05) is 11.6 Å². The second kappa shape index (κ2) is 6.69. The lowest BCUT2D eigenvalue weighted by Crippen LogP contribution is -2.28. The zero-order chi connectivity index (χ0) is 15.4. The van der Waals surface area contributed by atoms with Gasteiger partial charge in [0.25, 0.3) is 5.91 Å². The largest absolute Gasteiger partial charge is 0.395 e. The van der Waals surface area contributed by atoms with Gasteiger partial charge < -0.3 is 10.4 Å². The van der Waals surface area contributed by atoms with E-state index in [1.54, 1.807) is 16.8 Å². The molecule has 0 atom stereocenters. The number of aliphatic hydroxyl groups is 1. The Hall–Kier alpha value is -1.92. The molecule has 0 saturated heterocycles. The molecule has 7 heteroatoms. The number of hydrogen-bond acceptors (Lipinski definition) is 4. The number of amides is 1. The van der Waals surface area contributed by atoms with Crippen LogP contribution in [0.4, 0.5) is 0 Å². The molecule has 2 aromatic rings. The van der Waals surface area contributed by atoms with Gasteiger partial charge in [-0.2, -0.15) is 0 Å². The second-order valence-electron chi connectivity index (χ2n) is 4.85. The van der Waals surface area contributed by atoms with Crippen molar-refractivity contribution in [1.82, 2.24) is 20.3 Å². The molecule has 0 spiro atoms. The highest BCUT2D eigenvalue weighted by molar-refractivity contribution is 6.30. The summed E-state index contributed by atoms with van der Waals surface area (Å²) in [6.45, 7) is 4.00. The van der Waals surface area contributed by atoms with Gasteiger partial charge in [0.2, 0.25) is 0 Å². The molecule has 0 aliphatic heterocycles. The van der Waals surface area contributed by atoms with Gasteiger partial charge in [0.05, 0.1) is 18.0 Å². The van der Waals surface area contributed by atoms with Crippen LogP contribution in [0.15, 0.2) is 24.3 Å². The van der Waals surface area contributed by atoms with Crippen molar-refractivity contribution in [3.63, 3.8) is 0 Å². The number of nitrogens with one attached hydrogen (secondary N) is 1. The fourth-order valence-electron chi connectivity index (χ4n) is 2.00. The van der Waals surface area contributed by atoms with Crippen LogP contribution in [-0.4, -0.2) is 39.2 Å².